The van der Waals surface area contributed by atoms with Crippen LogP contribution in [0.25, 0.3) is 0 Å². The van der Waals surface area contributed by atoms with Gasteiger partial charge in [-0.25, -0.2) is 0 Å². The molecule has 0 aliphatic heterocycles. The summed E-state index contributed by atoms with van der Waals surface area (Å²) >= 11 is 0. The molecule has 8 nitrogen and oxygen atoms in total. The van der Waals surface area contributed by atoms with Gasteiger partial charge in [0.15, 0.2) is 0 Å². The zero-order chi connectivity index (χ0) is 12.8. The van der Waals surface area contributed by atoms with Gasteiger partial charge in [-0.3, -0.25) is 25.7 Å². The molecule has 0 saturated heterocycles. The molecular weight excluding hydrogens is 228 g/mol. The predicted molar refractivity (Wildman–Crippen MR) is 62.2 cm³/mol. The highest BCUT2D eigenvalue weighted by atomic mass is 16.6. The number of nitro benzene ring substituents is 2. The van der Waals surface area contributed by atoms with Gasteiger partial charge in [0, 0.05) is 12.3 Å². The Balaban J connectivity index is 3.20. The van der Waals surface area contributed by atoms with Gasteiger partial charge < -0.3 is 0 Å². The summed E-state index contributed by atoms with van der Waals surface area (Å²) in [6.07, 6.45) is 2.15. The van der Waals surface area contributed by atoms with Crippen molar-refractivity contribution >= 4 is 23.3 Å². The first-order chi connectivity index (χ1) is 8.07. The van der Waals surface area contributed by atoms with Gasteiger partial charge in [0.25, 0.3) is 0 Å². The summed E-state index contributed by atoms with van der Waals surface area (Å²) < 4.78 is 0. The Labute approximate surface area is 96.2 Å². The molecule has 8 heteroatoms. The van der Waals surface area contributed by atoms with Gasteiger partial charge in [-0.05, 0) is 12.5 Å². The van der Waals surface area contributed by atoms with Gasteiger partial charge in [0.2, 0.25) is 0 Å². The number of rotatable bonds is 5. The zero-order valence-corrected chi connectivity index (χ0v) is 8.99. The average molecular weight is 238 g/mol. The quantitative estimate of drug-likeness (QED) is 0.480. The maximum atomic E-state index is 10.8. The minimum atomic E-state index is -0.804. The van der Waals surface area contributed by atoms with E-state index in [1.54, 1.807) is 0 Å². The Morgan fingerprint density at radius 3 is 2.59 bits per heavy atom. The molecule has 0 radical (unpaired) electrons. The van der Waals surface area contributed by atoms with Gasteiger partial charge >= 0.3 is 11.4 Å². The molecular formula is C9H10N4O4. The minimum Gasteiger partial charge on any atom is -0.272 e. The first-order valence-corrected chi connectivity index (χ1v) is 4.77. The lowest BCUT2D eigenvalue weighted by Gasteiger charge is -2.01. The normalized spacial score (nSPS) is 10.4. The fourth-order valence-electron chi connectivity index (χ4n) is 1.17. The summed E-state index contributed by atoms with van der Waals surface area (Å²) in [7, 11) is 0. The van der Waals surface area contributed by atoms with Crippen LogP contribution in [0.2, 0.25) is 0 Å². The molecule has 1 aromatic rings. The van der Waals surface area contributed by atoms with E-state index in [9.17, 15) is 20.2 Å². The van der Waals surface area contributed by atoms with Crippen molar-refractivity contribution in [1.82, 2.24) is 0 Å². The van der Waals surface area contributed by atoms with E-state index in [-0.39, 0.29) is 5.69 Å². The summed E-state index contributed by atoms with van der Waals surface area (Å²) in [5.74, 6) is 0. The topological polar surface area (TPSA) is 111 Å². The Morgan fingerprint density at radius 1 is 1.35 bits per heavy atom. The number of hydrazone groups is 1. The molecule has 0 unspecified atom stereocenters. The van der Waals surface area contributed by atoms with E-state index in [1.807, 2.05) is 6.92 Å². The lowest BCUT2D eigenvalue weighted by atomic mass is 10.2. The van der Waals surface area contributed by atoms with E-state index in [1.165, 1.54) is 18.3 Å². The summed E-state index contributed by atoms with van der Waals surface area (Å²) in [4.78, 5) is 19.8. The fourth-order valence-corrected chi connectivity index (χ4v) is 1.17. The van der Waals surface area contributed by atoms with Crippen LogP contribution in [0.1, 0.15) is 13.3 Å². The molecule has 1 rings (SSSR count). The van der Waals surface area contributed by atoms with Crippen LogP contribution in [0, 0.1) is 20.2 Å². The van der Waals surface area contributed by atoms with Crippen LogP contribution in [0.4, 0.5) is 17.1 Å². The first-order valence-electron chi connectivity index (χ1n) is 4.77. The molecule has 17 heavy (non-hydrogen) atoms. The Kier molecular flexibility index (Phi) is 4.09. The number of anilines is 1. The molecule has 0 spiro atoms. The van der Waals surface area contributed by atoms with Crippen molar-refractivity contribution in [3.05, 3.63) is 38.4 Å². The van der Waals surface area contributed by atoms with Crippen LogP contribution >= 0.6 is 0 Å². The molecule has 0 bridgehead atoms. The maximum Gasteiger partial charge on any atom is 0.370 e. The monoisotopic (exact) mass is 238 g/mol. The smallest absolute Gasteiger partial charge is 0.272 e. The molecule has 0 saturated carbocycles. The third-order valence-corrected chi connectivity index (χ3v) is 1.85. The van der Waals surface area contributed by atoms with Gasteiger partial charge in [-0.1, -0.05) is 13.0 Å². The van der Waals surface area contributed by atoms with E-state index in [2.05, 4.69) is 10.5 Å². The van der Waals surface area contributed by atoms with Crippen molar-refractivity contribution in [1.29, 1.82) is 0 Å². The lowest BCUT2D eigenvalue weighted by molar-refractivity contribution is -0.421. The fraction of sp³-hybridized carbons (Fsp3) is 0.222. The molecule has 0 amide bonds. The Hall–Kier alpha value is -2.51. The molecule has 90 valence electrons. The second-order valence-corrected chi connectivity index (χ2v) is 3.02. The van der Waals surface area contributed by atoms with Crippen molar-refractivity contribution < 1.29 is 9.85 Å². The summed E-state index contributed by atoms with van der Waals surface area (Å²) in [5, 5.41) is 25.1. The summed E-state index contributed by atoms with van der Waals surface area (Å²) in [6, 6.07) is 3.79. The second-order valence-electron chi connectivity index (χ2n) is 3.02. The SMILES string of the molecule is CCC=NNc1cccc([N+](=O)[O-])c1[N+](=O)[O-]. The first kappa shape index (κ1) is 12.6. The molecule has 0 atom stereocenters. The van der Waals surface area contributed by atoms with Crippen LogP contribution < -0.4 is 5.43 Å². The molecule has 0 aromatic heterocycles. The maximum absolute atomic E-state index is 10.8. The summed E-state index contributed by atoms with van der Waals surface area (Å²) in [6.45, 7) is 1.84. The van der Waals surface area contributed by atoms with E-state index >= 15 is 0 Å². The van der Waals surface area contributed by atoms with Gasteiger partial charge in [0.1, 0.15) is 5.69 Å². The van der Waals surface area contributed by atoms with Gasteiger partial charge in [-0.2, -0.15) is 5.10 Å². The number of nitrogens with one attached hydrogen (secondary N) is 1. The van der Waals surface area contributed by atoms with Crippen molar-refractivity contribution in [3.63, 3.8) is 0 Å². The highest BCUT2D eigenvalue weighted by Crippen LogP contribution is 2.34. The van der Waals surface area contributed by atoms with Crippen molar-refractivity contribution in [2.45, 2.75) is 13.3 Å². The van der Waals surface area contributed by atoms with Crippen molar-refractivity contribution in [3.8, 4) is 0 Å². The average Bonchev–Trinajstić information content (AvgIpc) is 2.28. The zero-order valence-electron chi connectivity index (χ0n) is 8.99. The van der Waals surface area contributed by atoms with E-state index < -0.39 is 21.2 Å². The van der Waals surface area contributed by atoms with Crippen LogP contribution in [0.15, 0.2) is 23.3 Å². The van der Waals surface area contributed by atoms with Crippen LogP contribution in [0.5, 0.6) is 0 Å². The molecule has 0 fully saturated rings. The molecule has 0 aliphatic rings. The molecule has 1 aromatic carbocycles. The van der Waals surface area contributed by atoms with Crippen LogP contribution in [0.3, 0.4) is 0 Å². The number of nitro groups is 2. The number of benzene rings is 1. The second kappa shape index (κ2) is 5.54. The van der Waals surface area contributed by atoms with E-state index in [4.69, 9.17) is 0 Å². The third-order valence-electron chi connectivity index (χ3n) is 1.85. The van der Waals surface area contributed by atoms with E-state index in [0.29, 0.717) is 6.42 Å². The van der Waals surface area contributed by atoms with Gasteiger partial charge in [-0.15, -0.1) is 0 Å². The third kappa shape index (κ3) is 2.97. The van der Waals surface area contributed by atoms with Crippen LogP contribution in [-0.2, 0) is 0 Å². The highest BCUT2D eigenvalue weighted by molar-refractivity contribution is 5.72. The molecule has 0 aliphatic carbocycles. The molecule has 0 heterocycles. The standard InChI is InChI=1S/C9H10N4O4/c1-2-6-10-11-7-4-3-5-8(12(14)15)9(7)13(16)17/h3-6,11H,2H2,1H3. The Morgan fingerprint density at radius 2 is 2.06 bits per heavy atom. The number of hydrogen-bond donors (Lipinski definition) is 1. The van der Waals surface area contributed by atoms with Crippen molar-refractivity contribution in [2.75, 3.05) is 5.43 Å². The number of nitrogens with zero attached hydrogens (tertiary/aromatic N) is 3. The molecule has 1 N–H and O–H groups in total. The predicted octanol–water partition coefficient (Wildman–Crippen LogP) is 2.31. The Bertz CT molecular complexity index is 472. The van der Waals surface area contributed by atoms with Gasteiger partial charge in [0.05, 0.1) is 9.85 Å². The van der Waals surface area contributed by atoms with Crippen LogP contribution in [-0.4, -0.2) is 16.1 Å². The lowest BCUT2D eigenvalue weighted by Crippen LogP contribution is -2.01. The minimum absolute atomic E-state index is 0.00565. The van der Waals surface area contributed by atoms with E-state index in [0.717, 1.165) is 6.07 Å². The highest BCUT2D eigenvalue weighted by Gasteiger charge is 2.27. The summed E-state index contributed by atoms with van der Waals surface area (Å²) in [5.41, 5.74) is 1.25. The largest absolute Gasteiger partial charge is 0.370 e. The number of para-hydroxylation sites is 1. The van der Waals surface area contributed by atoms with Crippen molar-refractivity contribution in [2.24, 2.45) is 5.10 Å². The number of hydrogen-bond acceptors (Lipinski definition) is 6.